The number of carbonyl (C=O) groups is 2. The molecule has 1 amide bonds. The maximum atomic E-state index is 13.6. The van der Waals surface area contributed by atoms with E-state index < -0.39 is 12.3 Å². The lowest BCUT2D eigenvalue weighted by molar-refractivity contribution is -0.154. The first-order chi connectivity index (χ1) is 19.5. The highest BCUT2D eigenvalue weighted by atomic mass is 16.7. The van der Waals surface area contributed by atoms with Gasteiger partial charge in [0, 0.05) is 51.7 Å². The number of nitrogens with zero attached hydrogens (tertiary/aromatic N) is 2. The van der Waals surface area contributed by atoms with Gasteiger partial charge in [0.1, 0.15) is 0 Å². The van der Waals surface area contributed by atoms with E-state index in [9.17, 15) is 9.59 Å². The molecule has 0 aromatic heterocycles. The Labute approximate surface area is 234 Å². The molecule has 0 unspecified atom stereocenters. The molecule has 0 aliphatic carbocycles. The number of hydrogen-bond acceptors (Lipinski definition) is 9. The van der Waals surface area contributed by atoms with E-state index in [1.165, 1.54) is 7.11 Å². The summed E-state index contributed by atoms with van der Waals surface area (Å²) in [6.45, 7) is 4.22. The number of benzene rings is 2. The summed E-state index contributed by atoms with van der Waals surface area (Å²) in [5, 5.41) is 9.08. The summed E-state index contributed by atoms with van der Waals surface area (Å²) in [5.74, 6) is 1.16. The topological polar surface area (TPSA) is 107 Å². The number of piperazine rings is 1. The van der Waals surface area contributed by atoms with Crippen LogP contribution in [0.3, 0.4) is 0 Å². The third-order valence-electron chi connectivity index (χ3n) is 7.39. The van der Waals surface area contributed by atoms with Gasteiger partial charge in [0.15, 0.2) is 17.3 Å². The molecule has 3 aliphatic heterocycles. The zero-order valence-electron chi connectivity index (χ0n) is 22.8. The molecule has 1 saturated heterocycles. The molecule has 2 atom stereocenters. The number of aliphatic hydroxyl groups excluding tert-OH is 1. The van der Waals surface area contributed by atoms with E-state index in [0.29, 0.717) is 44.5 Å². The molecule has 1 N–H and O–H groups in total. The van der Waals surface area contributed by atoms with Gasteiger partial charge in [-0.1, -0.05) is 18.2 Å². The van der Waals surface area contributed by atoms with Crippen LogP contribution in [0.1, 0.15) is 46.7 Å². The number of methoxy groups -OCH3 is 1. The third kappa shape index (κ3) is 6.75. The van der Waals surface area contributed by atoms with Gasteiger partial charge in [0.05, 0.1) is 19.3 Å². The number of esters is 1. The third-order valence-corrected chi connectivity index (χ3v) is 7.39. The van der Waals surface area contributed by atoms with Crippen LogP contribution in [-0.2, 0) is 25.5 Å². The summed E-state index contributed by atoms with van der Waals surface area (Å²) in [5.41, 5.74) is 2.57. The van der Waals surface area contributed by atoms with Crippen LogP contribution in [0, 0.1) is 0 Å². The van der Waals surface area contributed by atoms with Crippen LogP contribution in [0.5, 0.6) is 11.5 Å². The van der Waals surface area contributed by atoms with Crippen LogP contribution in [-0.4, -0.2) is 86.4 Å². The monoisotopic (exact) mass is 552 g/mol. The molecule has 0 radical (unpaired) electrons. The molecule has 10 heteroatoms. The molecular weight excluding hydrogens is 516 g/mol. The first-order valence-electron chi connectivity index (χ1n) is 13.7. The molecule has 0 bridgehead atoms. The van der Waals surface area contributed by atoms with Crippen molar-refractivity contribution in [3.8, 4) is 11.5 Å². The second kappa shape index (κ2) is 13.2. The summed E-state index contributed by atoms with van der Waals surface area (Å²) < 4.78 is 27.7. The lowest BCUT2D eigenvalue weighted by Gasteiger charge is -2.36. The van der Waals surface area contributed by atoms with E-state index in [-0.39, 0.29) is 31.0 Å². The van der Waals surface area contributed by atoms with Crippen LogP contribution in [0.4, 0.5) is 0 Å². The smallest absolute Gasteiger partial charge is 0.337 e. The van der Waals surface area contributed by atoms with Gasteiger partial charge in [-0.3, -0.25) is 9.69 Å². The number of amides is 1. The predicted octanol–water partition coefficient (Wildman–Crippen LogP) is 3.05. The molecule has 3 heterocycles. The van der Waals surface area contributed by atoms with Crippen molar-refractivity contribution >= 4 is 11.9 Å². The van der Waals surface area contributed by atoms with E-state index in [1.807, 2.05) is 41.3 Å². The maximum absolute atomic E-state index is 13.6. The van der Waals surface area contributed by atoms with Crippen molar-refractivity contribution in [2.45, 2.75) is 38.0 Å². The fourth-order valence-electron chi connectivity index (χ4n) is 5.12. The minimum Gasteiger partial charge on any atom is -0.465 e. The molecule has 1 fully saturated rings. The number of rotatable bonds is 10. The fourth-order valence-corrected chi connectivity index (χ4v) is 5.12. The lowest BCUT2D eigenvalue weighted by Crippen LogP contribution is -2.49. The fraction of sp³-hybridized carbons (Fsp3) is 0.467. The summed E-state index contributed by atoms with van der Waals surface area (Å²) >= 11 is 0. The second-order valence-electron chi connectivity index (χ2n) is 10.1. The molecular formula is C30H36N2O8. The van der Waals surface area contributed by atoms with Crippen molar-refractivity contribution < 1.29 is 38.4 Å². The Kier molecular flexibility index (Phi) is 9.20. The molecule has 0 saturated carbocycles. The van der Waals surface area contributed by atoms with Gasteiger partial charge in [0.25, 0.3) is 5.91 Å². The molecule has 0 spiro atoms. The van der Waals surface area contributed by atoms with Gasteiger partial charge in [-0.25, -0.2) is 4.79 Å². The Balaban J connectivity index is 1.23. The Hall–Kier alpha value is -3.60. The molecule has 10 nitrogen and oxygen atoms in total. The quantitative estimate of drug-likeness (QED) is 0.352. The van der Waals surface area contributed by atoms with Crippen molar-refractivity contribution in [1.29, 1.82) is 0 Å². The second-order valence-corrected chi connectivity index (χ2v) is 10.1. The van der Waals surface area contributed by atoms with Crippen LogP contribution in [0.15, 0.2) is 54.3 Å². The van der Waals surface area contributed by atoms with Crippen molar-refractivity contribution in [1.82, 2.24) is 9.80 Å². The number of unbranched alkanes of at least 4 members (excludes halogenated alkanes) is 1. The summed E-state index contributed by atoms with van der Waals surface area (Å²) in [6.07, 6.45) is 3.16. The molecule has 214 valence electrons. The molecule has 2 aromatic rings. The Morgan fingerprint density at radius 1 is 1.00 bits per heavy atom. The first-order valence-corrected chi connectivity index (χ1v) is 13.7. The maximum Gasteiger partial charge on any atom is 0.337 e. The number of ether oxygens (including phenoxy) is 5. The zero-order valence-corrected chi connectivity index (χ0v) is 22.8. The minimum atomic E-state index is -0.583. The minimum absolute atomic E-state index is 0.105. The Bertz CT molecular complexity index is 1210. The number of fused-ring (bicyclic) bond motifs is 1. The van der Waals surface area contributed by atoms with Crippen LogP contribution in [0.2, 0.25) is 0 Å². The summed E-state index contributed by atoms with van der Waals surface area (Å²) in [4.78, 5) is 29.6. The Morgan fingerprint density at radius 2 is 1.77 bits per heavy atom. The number of aliphatic hydroxyl groups is 1. The number of allylic oxidation sites excluding steroid dienone is 1. The highest BCUT2D eigenvalue weighted by Gasteiger charge is 2.32. The highest BCUT2D eigenvalue weighted by Crippen LogP contribution is 2.34. The van der Waals surface area contributed by atoms with E-state index in [4.69, 9.17) is 28.8 Å². The van der Waals surface area contributed by atoms with Gasteiger partial charge >= 0.3 is 5.97 Å². The van der Waals surface area contributed by atoms with Gasteiger partial charge in [-0.2, -0.15) is 0 Å². The van der Waals surface area contributed by atoms with E-state index in [2.05, 4.69) is 4.90 Å². The standard InChI is InChI=1S/C30H36N2O8/c1-36-30(35)23-7-5-22(6-8-23)24-17-27(40-28(18-24)37-15-3-2-14-33)29(34)32-12-10-31(11-13-32)19-21-4-9-25-26(16-21)39-20-38-25/h4-9,16-17,24,28,33H,2-3,10-15,18-20H2,1H3/t24-,28+/m1/s1. The van der Waals surface area contributed by atoms with Gasteiger partial charge < -0.3 is 33.7 Å². The molecule has 5 rings (SSSR count). The van der Waals surface area contributed by atoms with Gasteiger partial charge in [-0.15, -0.1) is 0 Å². The lowest BCUT2D eigenvalue weighted by atomic mass is 9.92. The summed E-state index contributed by atoms with van der Waals surface area (Å²) in [7, 11) is 1.35. The first kappa shape index (κ1) is 27.9. The van der Waals surface area contributed by atoms with Crippen molar-refractivity contribution in [2.24, 2.45) is 0 Å². The summed E-state index contributed by atoms with van der Waals surface area (Å²) in [6, 6.07) is 13.2. The average Bonchev–Trinajstić information content (AvgIpc) is 3.47. The van der Waals surface area contributed by atoms with Crippen molar-refractivity contribution in [3.63, 3.8) is 0 Å². The van der Waals surface area contributed by atoms with E-state index in [0.717, 1.165) is 42.3 Å². The van der Waals surface area contributed by atoms with E-state index >= 15 is 0 Å². The van der Waals surface area contributed by atoms with Gasteiger partial charge in [-0.05, 0) is 54.3 Å². The van der Waals surface area contributed by atoms with E-state index in [1.54, 1.807) is 12.1 Å². The molecule has 40 heavy (non-hydrogen) atoms. The number of hydrogen-bond donors (Lipinski definition) is 1. The predicted molar refractivity (Wildman–Crippen MR) is 145 cm³/mol. The van der Waals surface area contributed by atoms with Crippen LogP contribution >= 0.6 is 0 Å². The molecule has 3 aliphatic rings. The number of carbonyl (C=O) groups excluding carboxylic acids is 2. The SMILES string of the molecule is COC(=O)c1ccc([C@@H]2C=C(C(=O)N3CCN(Cc4ccc5c(c4)OCO5)CC3)O[C@H](OCCCCO)C2)cc1. The largest absolute Gasteiger partial charge is 0.465 e. The normalized spacial score (nSPS) is 20.6. The average molecular weight is 553 g/mol. The van der Waals surface area contributed by atoms with Crippen LogP contribution in [0.25, 0.3) is 0 Å². The van der Waals surface area contributed by atoms with Crippen molar-refractivity contribution in [2.75, 3.05) is 53.3 Å². The highest BCUT2D eigenvalue weighted by molar-refractivity contribution is 5.92. The molecule has 2 aromatic carbocycles. The van der Waals surface area contributed by atoms with Crippen molar-refractivity contribution in [3.05, 3.63) is 71.0 Å². The van der Waals surface area contributed by atoms with Crippen LogP contribution < -0.4 is 9.47 Å². The van der Waals surface area contributed by atoms with Gasteiger partial charge in [0.2, 0.25) is 13.1 Å². The zero-order chi connectivity index (χ0) is 27.9. The Morgan fingerprint density at radius 3 is 2.52 bits per heavy atom.